The molecular formula is C19H30O3. The molecule has 0 rings (SSSR count). The van der Waals surface area contributed by atoms with Gasteiger partial charge in [-0.1, -0.05) is 36.8 Å². The molecule has 0 amide bonds. The number of rotatable bonds is 12. The van der Waals surface area contributed by atoms with Gasteiger partial charge in [-0.2, -0.15) is 0 Å². The average molecular weight is 306 g/mol. The number of ether oxygens (including phenoxy) is 1. The van der Waals surface area contributed by atoms with E-state index in [0.29, 0.717) is 12.8 Å². The van der Waals surface area contributed by atoms with Crippen molar-refractivity contribution in [1.82, 2.24) is 0 Å². The molecule has 124 valence electrons. The molecule has 0 aromatic heterocycles. The van der Waals surface area contributed by atoms with Crippen LogP contribution in [0.25, 0.3) is 0 Å². The third-order valence-corrected chi connectivity index (χ3v) is 3.32. The van der Waals surface area contributed by atoms with Gasteiger partial charge in [0.2, 0.25) is 0 Å². The van der Waals surface area contributed by atoms with E-state index in [-0.39, 0.29) is 5.97 Å². The maximum atomic E-state index is 10.9. The topological polar surface area (TPSA) is 46.5 Å². The first-order valence-electron chi connectivity index (χ1n) is 8.22. The molecule has 3 nitrogen and oxygen atoms in total. The van der Waals surface area contributed by atoms with Crippen molar-refractivity contribution in [1.29, 1.82) is 0 Å². The van der Waals surface area contributed by atoms with Gasteiger partial charge in [-0.25, -0.2) is 0 Å². The summed E-state index contributed by atoms with van der Waals surface area (Å²) in [6.07, 6.45) is 14.6. The molecule has 0 aromatic rings. The molecule has 1 N–H and O–H groups in total. The largest absolute Gasteiger partial charge is 0.469 e. The summed E-state index contributed by atoms with van der Waals surface area (Å²) in [7, 11) is 1.41. The molecule has 0 saturated heterocycles. The van der Waals surface area contributed by atoms with Crippen LogP contribution in [0, 0.1) is 11.8 Å². The Balaban J connectivity index is 3.51. The van der Waals surface area contributed by atoms with Crippen LogP contribution in [0.15, 0.2) is 24.8 Å². The number of carbonyl (C=O) groups is 1. The van der Waals surface area contributed by atoms with Crippen LogP contribution in [-0.4, -0.2) is 24.3 Å². The van der Waals surface area contributed by atoms with Gasteiger partial charge in [0, 0.05) is 6.42 Å². The molecule has 22 heavy (non-hydrogen) atoms. The molecule has 0 fully saturated rings. The van der Waals surface area contributed by atoms with E-state index in [1.165, 1.54) is 13.5 Å². The highest BCUT2D eigenvalue weighted by atomic mass is 16.5. The number of allylic oxidation sites excluding steroid dienone is 3. The maximum Gasteiger partial charge on any atom is 0.305 e. The maximum absolute atomic E-state index is 10.9. The van der Waals surface area contributed by atoms with Crippen LogP contribution in [0.3, 0.4) is 0 Å². The highest BCUT2D eigenvalue weighted by Crippen LogP contribution is 2.07. The Morgan fingerprint density at radius 2 is 1.91 bits per heavy atom. The van der Waals surface area contributed by atoms with Crippen molar-refractivity contribution in [3.8, 4) is 11.8 Å². The number of esters is 1. The fourth-order valence-corrected chi connectivity index (χ4v) is 1.97. The summed E-state index contributed by atoms with van der Waals surface area (Å²) in [5, 5.41) is 9.71. The van der Waals surface area contributed by atoms with Gasteiger partial charge in [0.25, 0.3) is 0 Å². The summed E-state index contributed by atoms with van der Waals surface area (Å²) in [5.74, 6) is 5.57. The molecule has 0 aliphatic carbocycles. The molecule has 0 spiro atoms. The first-order chi connectivity index (χ1) is 10.7. The quantitative estimate of drug-likeness (QED) is 0.255. The van der Waals surface area contributed by atoms with E-state index in [4.69, 9.17) is 0 Å². The van der Waals surface area contributed by atoms with Crippen molar-refractivity contribution in [2.75, 3.05) is 7.11 Å². The zero-order valence-electron chi connectivity index (χ0n) is 13.9. The number of methoxy groups -OCH3 is 1. The van der Waals surface area contributed by atoms with Crippen molar-refractivity contribution in [3.63, 3.8) is 0 Å². The normalized spacial score (nSPS) is 11.7. The van der Waals surface area contributed by atoms with Crippen molar-refractivity contribution < 1.29 is 14.6 Å². The second-order valence-corrected chi connectivity index (χ2v) is 5.31. The molecule has 0 heterocycles. The van der Waals surface area contributed by atoms with Crippen LogP contribution < -0.4 is 0 Å². The van der Waals surface area contributed by atoms with Crippen molar-refractivity contribution in [2.45, 2.75) is 70.3 Å². The molecule has 0 saturated carbocycles. The van der Waals surface area contributed by atoms with Gasteiger partial charge in [-0.15, -0.1) is 6.58 Å². The summed E-state index contributed by atoms with van der Waals surface area (Å²) in [4.78, 5) is 10.9. The molecule has 1 atom stereocenters. The Kier molecular flexibility index (Phi) is 14.7. The number of aliphatic hydroxyl groups is 1. The van der Waals surface area contributed by atoms with Crippen LogP contribution in [0.5, 0.6) is 0 Å². The Morgan fingerprint density at radius 3 is 2.64 bits per heavy atom. The molecule has 0 unspecified atom stereocenters. The first kappa shape index (κ1) is 20.5. The number of carbonyl (C=O) groups excluding carboxylic acids is 1. The van der Waals surface area contributed by atoms with Gasteiger partial charge in [0.1, 0.15) is 6.10 Å². The highest BCUT2D eigenvalue weighted by Gasteiger charge is 2.01. The van der Waals surface area contributed by atoms with Crippen molar-refractivity contribution >= 4 is 5.97 Å². The van der Waals surface area contributed by atoms with Crippen molar-refractivity contribution in [3.05, 3.63) is 24.8 Å². The molecule has 0 bridgehead atoms. The lowest BCUT2D eigenvalue weighted by Gasteiger charge is -2.03. The Labute approximate surface area is 135 Å². The zero-order chi connectivity index (χ0) is 16.5. The second kappa shape index (κ2) is 15.9. The molecule has 0 radical (unpaired) electrons. The molecule has 0 aliphatic rings. The van der Waals surface area contributed by atoms with Gasteiger partial charge in [-0.3, -0.25) is 4.79 Å². The molecule has 0 aromatic carbocycles. The molecule has 0 aliphatic heterocycles. The number of hydrogen-bond acceptors (Lipinski definition) is 3. The second-order valence-electron chi connectivity index (χ2n) is 5.31. The third kappa shape index (κ3) is 14.9. The predicted octanol–water partition coefficient (Wildman–Crippen LogP) is 4.17. The van der Waals surface area contributed by atoms with Crippen LogP contribution in [0.1, 0.15) is 64.2 Å². The van der Waals surface area contributed by atoms with Crippen LogP contribution in [0.2, 0.25) is 0 Å². The Hall–Kier alpha value is -1.53. The fraction of sp³-hybridized carbons (Fsp3) is 0.632. The predicted molar refractivity (Wildman–Crippen MR) is 91.3 cm³/mol. The van der Waals surface area contributed by atoms with Crippen molar-refractivity contribution in [2.24, 2.45) is 0 Å². The smallest absolute Gasteiger partial charge is 0.305 e. The lowest BCUT2D eigenvalue weighted by Crippen LogP contribution is -2.02. The zero-order valence-corrected chi connectivity index (χ0v) is 13.9. The van der Waals surface area contributed by atoms with Gasteiger partial charge in [0.05, 0.1) is 7.11 Å². The van der Waals surface area contributed by atoms with E-state index in [1.54, 1.807) is 0 Å². The van der Waals surface area contributed by atoms with E-state index >= 15 is 0 Å². The SMILES string of the molecule is C=CCCCC/C=C/C#C[C@H](O)CCCCCCC(=O)OC. The van der Waals surface area contributed by atoms with E-state index in [0.717, 1.165) is 44.9 Å². The summed E-state index contributed by atoms with van der Waals surface area (Å²) in [6.45, 7) is 3.69. The van der Waals surface area contributed by atoms with E-state index in [2.05, 4.69) is 29.2 Å². The van der Waals surface area contributed by atoms with E-state index in [1.807, 2.05) is 12.2 Å². The minimum Gasteiger partial charge on any atom is -0.469 e. The van der Waals surface area contributed by atoms with Crippen LogP contribution >= 0.6 is 0 Å². The summed E-state index contributed by atoms with van der Waals surface area (Å²) in [5.41, 5.74) is 0. The summed E-state index contributed by atoms with van der Waals surface area (Å²) in [6, 6.07) is 0. The molecule has 3 heteroatoms. The fourth-order valence-electron chi connectivity index (χ4n) is 1.97. The Bertz CT molecular complexity index is 374. The number of hydrogen-bond donors (Lipinski definition) is 1. The minimum absolute atomic E-state index is 0.151. The lowest BCUT2D eigenvalue weighted by atomic mass is 10.1. The van der Waals surface area contributed by atoms with Gasteiger partial charge >= 0.3 is 5.97 Å². The Morgan fingerprint density at radius 1 is 1.18 bits per heavy atom. The lowest BCUT2D eigenvalue weighted by molar-refractivity contribution is -0.140. The van der Waals surface area contributed by atoms with E-state index in [9.17, 15) is 9.90 Å². The highest BCUT2D eigenvalue weighted by molar-refractivity contribution is 5.68. The van der Waals surface area contributed by atoms with Gasteiger partial charge in [-0.05, 0) is 51.0 Å². The first-order valence-corrected chi connectivity index (χ1v) is 8.22. The summed E-state index contributed by atoms with van der Waals surface area (Å²) < 4.78 is 4.58. The minimum atomic E-state index is -0.550. The monoisotopic (exact) mass is 306 g/mol. The number of unbranched alkanes of at least 4 members (excludes halogenated alkanes) is 6. The van der Waals surface area contributed by atoms with Gasteiger partial charge < -0.3 is 9.84 Å². The average Bonchev–Trinajstić information content (AvgIpc) is 2.52. The number of aliphatic hydroxyl groups excluding tert-OH is 1. The standard InChI is InChI=1S/C19H30O3/c1-3-4-5-6-7-8-9-12-15-18(20)16-13-10-11-14-17-19(21)22-2/h3,8-9,18,20H,1,4-7,10-11,13-14,16-17H2,2H3/b9-8+/t18-/m0/s1. The van der Waals surface area contributed by atoms with Crippen LogP contribution in [0.4, 0.5) is 0 Å². The molecular weight excluding hydrogens is 276 g/mol. The van der Waals surface area contributed by atoms with Crippen LogP contribution in [-0.2, 0) is 9.53 Å². The summed E-state index contributed by atoms with van der Waals surface area (Å²) >= 11 is 0. The van der Waals surface area contributed by atoms with Gasteiger partial charge in [0.15, 0.2) is 0 Å². The van der Waals surface area contributed by atoms with E-state index < -0.39 is 6.10 Å². The third-order valence-electron chi connectivity index (χ3n) is 3.32.